The maximum atomic E-state index is 5.54. The van der Waals surface area contributed by atoms with Crippen molar-refractivity contribution in [3.63, 3.8) is 0 Å². The third-order valence-electron chi connectivity index (χ3n) is 12.4. The number of methoxy groups -OCH3 is 2. The summed E-state index contributed by atoms with van der Waals surface area (Å²) in [6, 6.07) is 77.6. The molecule has 0 spiro atoms. The van der Waals surface area contributed by atoms with E-state index >= 15 is 0 Å². The van der Waals surface area contributed by atoms with Crippen molar-refractivity contribution in [3.05, 3.63) is 274 Å². The van der Waals surface area contributed by atoms with Gasteiger partial charge < -0.3 is 9.47 Å². The summed E-state index contributed by atoms with van der Waals surface area (Å²) in [5.74, 6) is 1.67. The number of rotatable bonds is 12. The van der Waals surface area contributed by atoms with Gasteiger partial charge in [0.25, 0.3) is 0 Å². The second-order valence-corrected chi connectivity index (χ2v) is 16.4. The van der Waals surface area contributed by atoms with Gasteiger partial charge in [0.1, 0.15) is 11.5 Å². The van der Waals surface area contributed by atoms with Gasteiger partial charge in [-0.2, -0.15) is 0 Å². The number of hydrogen-bond donors (Lipinski definition) is 0. The normalized spacial score (nSPS) is 12.2. The molecular formula is C64H48O2. The fourth-order valence-corrected chi connectivity index (χ4v) is 8.82. The van der Waals surface area contributed by atoms with Gasteiger partial charge in [0.05, 0.1) is 14.2 Å². The molecule has 0 fully saturated rings. The second kappa shape index (κ2) is 19.1. The molecule has 0 atom stereocenters. The second-order valence-electron chi connectivity index (χ2n) is 16.4. The molecule has 0 bridgehead atoms. The minimum absolute atomic E-state index is 0.833. The van der Waals surface area contributed by atoms with Crippen LogP contribution in [0.25, 0.3) is 79.9 Å². The van der Waals surface area contributed by atoms with Crippen molar-refractivity contribution in [2.45, 2.75) is 0 Å². The maximum Gasteiger partial charge on any atom is 0.118 e. The van der Waals surface area contributed by atoms with Crippen LogP contribution in [0.3, 0.4) is 0 Å². The van der Waals surface area contributed by atoms with E-state index in [4.69, 9.17) is 9.47 Å². The van der Waals surface area contributed by atoms with Crippen LogP contribution in [0, 0.1) is 0 Å². The molecule has 0 aliphatic carbocycles. The van der Waals surface area contributed by atoms with Crippen molar-refractivity contribution in [2.75, 3.05) is 14.2 Å². The van der Waals surface area contributed by atoms with Crippen LogP contribution >= 0.6 is 0 Å². The predicted octanol–water partition coefficient (Wildman–Crippen LogP) is 16.7. The highest BCUT2D eigenvalue weighted by Gasteiger charge is 2.12. The average Bonchev–Trinajstić information content (AvgIpc) is 3.38. The first-order chi connectivity index (χ1) is 32.6. The van der Waals surface area contributed by atoms with E-state index in [1.807, 2.05) is 24.3 Å². The van der Waals surface area contributed by atoms with E-state index < -0.39 is 0 Å². The van der Waals surface area contributed by atoms with Gasteiger partial charge in [0.15, 0.2) is 0 Å². The van der Waals surface area contributed by atoms with Gasteiger partial charge in [0, 0.05) is 0 Å². The molecule has 0 amide bonds. The Bertz CT molecular complexity index is 3470. The summed E-state index contributed by atoms with van der Waals surface area (Å²) in [4.78, 5) is 0. The summed E-state index contributed by atoms with van der Waals surface area (Å²) in [5, 5.41) is 7.26. The number of fused-ring (bicyclic) bond motifs is 3. The Labute approximate surface area is 387 Å². The van der Waals surface area contributed by atoms with Crippen LogP contribution in [0.2, 0.25) is 0 Å². The molecule has 0 radical (unpaired) electrons. The largest absolute Gasteiger partial charge is 0.497 e. The summed E-state index contributed by atoms with van der Waals surface area (Å²) in [6.07, 6.45) is 13.7. The molecule has 316 valence electrons. The summed E-state index contributed by atoms with van der Waals surface area (Å²) in [6.45, 7) is 0. The lowest BCUT2D eigenvalue weighted by atomic mass is 9.92. The standard InChI is InChI=1S/C64H48O2/c1-65-59-36-31-51(32-37-59)63(57-29-24-45-13-3-7-18-53(45)41-57)43-55-20-9-5-15-47(55)23-26-50-28-27-49-17-11-12-22-61(49)62(50)40-35-48-16-6-10-21-56(48)44-64(52-33-38-60(66-2)39-34-52)58-30-25-46-14-4-8-19-54(46)42-58/h3-44H,1-2H3. The highest BCUT2D eigenvalue weighted by atomic mass is 16.5. The smallest absolute Gasteiger partial charge is 0.118 e. The topological polar surface area (TPSA) is 18.5 Å². The molecule has 66 heavy (non-hydrogen) atoms. The van der Waals surface area contributed by atoms with E-state index in [1.165, 1.54) is 32.3 Å². The molecule has 0 aliphatic heterocycles. The van der Waals surface area contributed by atoms with Crippen LogP contribution in [0.1, 0.15) is 55.6 Å². The van der Waals surface area contributed by atoms with Crippen LogP contribution < -0.4 is 9.47 Å². The van der Waals surface area contributed by atoms with Gasteiger partial charge in [-0.1, -0.05) is 206 Å². The van der Waals surface area contributed by atoms with Crippen LogP contribution in [0.5, 0.6) is 11.5 Å². The van der Waals surface area contributed by atoms with Crippen molar-refractivity contribution in [3.8, 4) is 11.5 Å². The lowest BCUT2D eigenvalue weighted by Gasteiger charge is -2.13. The predicted molar refractivity (Wildman–Crippen MR) is 283 cm³/mol. The summed E-state index contributed by atoms with van der Waals surface area (Å²) in [5.41, 5.74) is 13.6. The van der Waals surface area contributed by atoms with Gasteiger partial charge in [0.2, 0.25) is 0 Å². The van der Waals surface area contributed by atoms with Crippen molar-refractivity contribution < 1.29 is 9.47 Å². The van der Waals surface area contributed by atoms with Crippen LogP contribution in [-0.2, 0) is 0 Å². The molecular weight excluding hydrogens is 801 g/mol. The van der Waals surface area contributed by atoms with E-state index in [0.717, 1.165) is 78.3 Å². The lowest BCUT2D eigenvalue weighted by molar-refractivity contribution is 0.414. The minimum Gasteiger partial charge on any atom is -0.497 e. The molecule has 2 nitrogen and oxygen atoms in total. The molecule has 10 aromatic carbocycles. The Hall–Kier alpha value is -8.46. The Kier molecular flexibility index (Phi) is 12.0. The highest BCUT2D eigenvalue weighted by Crippen LogP contribution is 2.34. The molecule has 0 aliphatic rings. The van der Waals surface area contributed by atoms with E-state index in [9.17, 15) is 0 Å². The first kappa shape index (κ1) is 41.5. The highest BCUT2D eigenvalue weighted by molar-refractivity contribution is 6.01. The van der Waals surface area contributed by atoms with Crippen molar-refractivity contribution in [1.29, 1.82) is 0 Å². The van der Waals surface area contributed by atoms with Gasteiger partial charge >= 0.3 is 0 Å². The molecule has 0 saturated heterocycles. The minimum atomic E-state index is 0.833. The van der Waals surface area contributed by atoms with E-state index in [-0.39, 0.29) is 0 Å². The Morgan fingerprint density at radius 3 is 1.18 bits per heavy atom. The fourth-order valence-electron chi connectivity index (χ4n) is 8.82. The van der Waals surface area contributed by atoms with E-state index in [1.54, 1.807) is 14.2 Å². The lowest BCUT2D eigenvalue weighted by Crippen LogP contribution is -1.92. The summed E-state index contributed by atoms with van der Waals surface area (Å²) < 4.78 is 11.1. The van der Waals surface area contributed by atoms with E-state index in [2.05, 4.69) is 231 Å². The van der Waals surface area contributed by atoms with Gasteiger partial charge in [-0.3, -0.25) is 0 Å². The van der Waals surface area contributed by atoms with Gasteiger partial charge in [-0.05, 0) is 148 Å². The summed E-state index contributed by atoms with van der Waals surface area (Å²) >= 11 is 0. The third-order valence-corrected chi connectivity index (χ3v) is 12.4. The molecule has 10 aromatic rings. The number of ether oxygens (including phenoxy) is 2. The first-order valence-electron chi connectivity index (χ1n) is 22.4. The quantitative estimate of drug-likeness (QED) is 0.114. The molecule has 0 heterocycles. The number of hydrogen-bond acceptors (Lipinski definition) is 2. The molecule has 0 N–H and O–H groups in total. The third kappa shape index (κ3) is 8.99. The SMILES string of the molecule is COc1ccc(C(=Cc2ccccc2C=Cc2ccc3ccccc3c2C=Cc2ccccc2C=C(c2ccc(OC)cc2)c2ccc3ccccc3c2)c2ccc3ccccc3c2)cc1. The fraction of sp³-hybridized carbons (Fsp3) is 0.0312. The van der Waals surface area contributed by atoms with Crippen molar-refractivity contribution in [2.24, 2.45) is 0 Å². The molecule has 10 rings (SSSR count). The zero-order valence-corrected chi connectivity index (χ0v) is 37.1. The van der Waals surface area contributed by atoms with Crippen LogP contribution in [0.4, 0.5) is 0 Å². The Morgan fingerprint density at radius 2 is 0.682 bits per heavy atom. The van der Waals surface area contributed by atoms with Gasteiger partial charge in [-0.25, -0.2) is 0 Å². The number of benzene rings is 10. The molecule has 0 saturated carbocycles. The zero-order valence-electron chi connectivity index (χ0n) is 37.1. The molecule has 0 aromatic heterocycles. The van der Waals surface area contributed by atoms with Crippen molar-refractivity contribution in [1.82, 2.24) is 0 Å². The Morgan fingerprint density at radius 1 is 0.303 bits per heavy atom. The zero-order chi connectivity index (χ0) is 44.7. The van der Waals surface area contributed by atoms with Crippen LogP contribution in [-0.4, -0.2) is 14.2 Å². The van der Waals surface area contributed by atoms with Crippen molar-refractivity contribution >= 4 is 79.9 Å². The maximum absolute atomic E-state index is 5.54. The molecule has 2 heteroatoms. The van der Waals surface area contributed by atoms with Crippen LogP contribution in [0.15, 0.2) is 218 Å². The average molecular weight is 849 g/mol. The summed E-state index contributed by atoms with van der Waals surface area (Å²) in [7, 11) is 3.41. The molecule has 0 unspecified atom stereocenters. The van der Waals surface area contributed by atoms with E-state index in [0.29, 0.717) is 0 Å². The monoisotopic (exact) mass is 848 g/mol. The first-order valence-corrected chi connectivity index (χ1v) is 22.4. The van der Waals surface area contributed by atoms with Gasteiger partial charge in [-0.15, -0.1) is 0 Å². The Balaban J connectivity index is 1.05.